The van der Waals surface area contributed by atoms with Crippen molar-refractivity contribution in [2.45, 2.75) is 6.42 Å². The highest BCUT2D eigenvalue weighted by Crippen LogP contribution is 2.33. The van der Waals surface area contributed by atoms with Crippen LogP contribution in [-0.2, 0) is 6.42 Å². The van der Waals surface area contributed by atoms with E-state index in [0.29, 0.717) is 6.54 Å². The third-order valence-corrected chi connectivity index (χ3v) is 4.05. The van der Waals surface area contributed by atoms with Crippen LogP contribution >= 0.6 is 22.6 Å². The maximum absolute atomic E-state index is 12.6. The molecule has 0 unspecified atom stereocenters. The monoisotopic (exact) mass is 364 g/mol. The second-order valence-electron chi connectivity index (χ2n) is 4.56. The second kappa shape index (κ2) is 4.85. The van der Waals surface area contributed by atoms with E-state index in [1.54, 1.807) is 0 Å². The Kier molecular flexibility index (Phi) is 3.18. The lowest BCUT2D eigenvalue weighted by Gasteiger charge is -2.17. The normalized spacial score (nSPS) is 13.4. The van der Waals surface area contributed by atoms with Crippen molar-refractivity contribution in [3.8, 4) is 0 Å². The van der Waals surface area contributed by atoms with Gasteiger partial charge in [0.15, 0.2) is 0 Å². The second-order valence-corrected chi connectivity index (χ2v) is 5.81. The summed E-state index contributed by atoms with van der Waals surface area (Å²) in [6.07, 6.45) is 0.831. The summed E-state index contributed by atoms with van der Waals surface area (Å²) in [5, 5.41) is 0. The van der Waals surface area contributed by atoms with Crippen molar-refractivity contribution >= 4 is 39.9 Å². The number of hydrogen-bond acceptors (Lipinski definition) is 2. The fraction of sp³-hybridized carbons (Fsp3) is 0.133. The zero-order valence-corrected chi connectivity index (χ0v) is 12.4. The Bertz CT molecular complexity index is 654. The number of carbonyl (C=O) groups excluding carboxylic acids is 1. The van der Waals surface area contributed by atoms with E-state index in [9.17, 15) is 4.79 Å². The predicted molar refractivity (Wildman–Crippen MR) is 85.4 cm³/mol. The molecule has 2 aromatic rings. The van der Waals surface area contributed by atoms with Crippen LogP contribution in [0.3, 0.4) is 0 Å². The van der Waals surface area contributed by atoms with Gasteiger partial charge in [-0.1, -0.05) is 12.1 Å². The molecule has 0 bridgehead atoms. The van der Waals surface area contributed by atoms with E-state index >= 15 is 0 Å². The SMILES string of the molecule is Nc1cccc2c1CCN2C(=O)c1cccc(I)c1. The maximum Gasteiger partial charge on any atom is 0.258 e. The lowest BCUT2D eigenvalue weighted by Crippen LogP contribution is -2.28. The number of amides is 1. The summed E-state index contributed by atoms with van der Waals surface area (Å²) in [5.74, 6) is 0.0443. The van der Waals surface area contributed by atoms with Crippen molar-refractivity contribution in [2.75, 3.05) is 17.2 Å². The lowest BCUT2D eigenvalue weighted by atomic mass is 10.1. The molecule has 1 heterocycles. The number of nitrogens with two attached hydrogens (primary N) is 1. The van der Waals surface area contributed by atoms with Crippen LogP contribution in [0.1, 0.15) is 15.9 Å². The Balaban J connectivity index is 1.98. The van der Waals surface area contributed by atoms with Crippen LogP contribution in [0.2, 0.25) is 0 Å². The van der Waals surface area contributed by atoms with Crippen LogP contribution in [0.25, 0.3) is 0 Å². The fourth-order valence-corrected chi connectivity index (χ4v) is 2.99. The standard InChI is InChI=1S/C15H13IN2O/c16-11-4-1-3-10(9-11)15(19)18-8-7-12-13(17)5-2-6-14(12)18/h1-6,9H,7-8,17H2. The van der Waals surface area contributed by atoms with E-state index in [1.807, 2.05) is 47.4 Å². The van der Waals surface area contributed by atoms with Gasteiger partial charge in [0, 0.05) is 32.6 Å². The molecule has 0 fully saturated rings. The first-order chi connectivity index (χ1) is 9.16. The third-order valence-electron chi connectivity index (χ3n) is 3.38. The zero-order chi connectivity index (χ0) is 13.4. The van der Waals surface area contributed by atoms with Crippen molar-refractivity contribution in [3.63, 3.8) is 0 Å². The molecule has 0 saturated heterocycles. The number of rotatable bonds is 1. The number of anilines is 2. The first-order valence-corrected chi connectivity index (χ1v) is 7.19. The molecule has 1 aliphatic heterocycles. The number of halogens is 1. The highest BCUT2D eigenvalue weighted by molar-refractivity contribution is 14.1. The Morgan fingerprint density at radius 3 is 2.79 bits per heavy atom. The van der Waals surface area contributed by atoms with Crippen LogP contribution in [-0.4, -0.2) is 12.5 Å². The van der Waals surface area contributed by atoms with Gasteiger partial charge in [-0.2, -0.15) is 0 Å². The molecule has 19 heavy (non-hydrogen) atoms. The Morgan fingerprint density at radius 2 is 2.00 bits per heavy atom. The highest BCUT2D eigenvalue weighted by atomic mass is 127. The van der Waals surface area contributed by atoms with Gasteiger partial charge < -0.3 is 10.6 Å². The van der Waals surface area contributed by atoms with Crippen LogP contribution in [0.15, 0.2) is 42.5 Å². The van der Waals surface area contributed by atoms with Gasteiger partial charge in [-0.3, -0.25) is 4.79 Å². The molecule has 0 saturated carbocycles. The summed E-state index contributed by atoms with van der Waals surface area (Å²) in [5.41, 5.74) is 9.49. The van der Waals surface area contributed by atoms with Gasteiger partial charge in [-0.15, -0.1) is 0 Å². The summed E-state index contributed by atoms with van der Waals surface area (Å²) in [6, 6.07) is 13.4. The first-order valence-electron chi connectivity index (χ1n) is 6.11. The molecule has 3 rings (SSSR count). The molecular weight excluding hydrogens is 351 g/mol. The van der Waals surface area contributed by atoms with Crippen molar-refractivity contribution < 1.29 is 4.79 Å². The predicted octanol–water partition coefficient (Wildman–Crippen LogP) is 3.08. The third kappa shape index (κ3) is 2.20. The first kappa shape index (κ1) is 12.5. The van der Waals surface area contributed by atoms with E-state index < -0.39 is 0 Å². The molecule has 2 N–H and O–H groups in total. The smallest absolute Gasteiger partial charge is 0.258 e. The molecule has 1 amide bonds. The van der Waals surface area contributed by atoms with Gasteiger partial charge >= 0.3 is 0 Å². The Hall–Kier alpha value is -1.56. The number of fused-ring (bicyclic) bond motifs is 1. The molecule has 1 aliphatic rings. The van der Waals surface area contributed by atoms with Crippen LogP contribution in [0.5, 0.6) is 0 Å². The van der Waals surface area contributed by atoms with Crippen LogP contribution in [0, 0.1) is 3.57 Å². The molecule has 0 radical (unpaired) electrons. The lowest BCUT2D eigenvalue weighted by molar-refractivity contribution is 0.0989. The average molecular weight is 364 g/mol. The van der Waals surface area contributed by atoms with Gasteiger partial charge in [0.2, 0.25) is 0 Å². The number of carbonyl (C=O) groups is 1. The summed E-state index contributed by atoms with van der Waals surface area (Å²) < 4.78 is 1.07. The molecule has 0 spiro atoms. The molecule has 2 aromatic carbocycles. The summed E-state index contributed by atoms with van der Waals surface area (Å²) in [7, 11) is 0. The molecule has 0 atom stereocenters. The number of nitrogen functional groups attached to an aromatic ring is 1. The minimum atomic E-state index is 0.0443. The van der Waals surface area contributed by atoms with E-state index in [1.165, 1.54) is 0 Å². The zero-order valence-electron chi connectivity index (χ0n) is 10.3. The highest BCUT2D eigenvalue weighted by Gasteiger charge is 2.26. The van der Waals surface area contributed by atoms with Crippen molar-refractivity contribution in [2.24, 2.45) is 0 Å². The average Bonchev–Trinajstić information content (AvgIpc) is 2.83. The Morgan fingerprint density at radius 1 is 1.21 bits per heavy atom. The molecule has 3 nitrogen and oxygen atoms in total. The quantitative estimate of drug-likeness (QED) is 0.625. The molecule has 96 valence electrons. The van der Waals surface area contributed by atoms with Gasteiger partial charge in [0.25, 0.3) is 5.91 Å². The molecular formula is C15H13IN2O. The van der Waals surface area contributed by atoms with Gasteiger partial charge in [0.05, 0.1) is 0 Å². The molecule has 4 heteroatoms. The molecule has 0 aliphatic carbocycles. The maximum atomic E-state index is 12.6. The van der Waals surface area contributed by atoms with Crippen LogP contribution in [0.4, 0.5) is 11.4 Å². The topological polar surface area (TPSA) is 46.3 Å². The van der Waals surface area contributed by atoms with E-state index in [0.717, 1.165) is 32.5 Å². The van der Waals surface area contributed by atoms with E-state index in [2.05, 4.69) is 22.6 Å². The number of benzene rings is 2. The summed E-state index contributed by atoms with van der Waals surface area (Å²) in [4.78, 5) is 14.4. The van der Waals surface area contributed by atoms with Gasteiger partial charge in [-0.05, 0) is 59.3 Å². The van der Waals surface area contributed by atoms with Crippen LogP contribution < -0.4 is 10.6 Å². The minimum Gasteiger partial charge on any atom is -0.398 e. The summed E-state index contributed by atoms with van der Waals surface area (Å²) in [6.45, 7) is 0.702. The summed E-state index contributed by atoms with van der Waals surface area (Å²) >= 11 is 2.22. The van der Waals surface area contributed by atoms with E-state index in [4.69, 9.17) is 5.73 Å². The van der Waals surface area contributed by atoms with Crippen molar-refractivity contribution in [1.82, 2.24) is 0 Å². The van der Waals surface area contributed by atoms with Crippen molar-refractivity contribution in [3.05, 3.63) is 57.2 Å². The minimum absolute atomic E-state index is 0.0443. The largest absolute Gasteiger partial charge is 0.398 e. The molecule has 0 aromatic heterocycles. The van der Waals surface area contributed by atoms with Crippen molar-refractivity contribution in [1.29, 1.82) is 0 Å². The Labute approximate surface area is 125 Å². The van der Waals surface area contributed by atoms with E-state index in [-0.39, 0.29) is 5.91 Å². The number of nitrogens with zero attached hydrogens (tertiary/aromatic N) is 1. The number of hydrogen-bond donors (Lipinski definition) is 1. The fourth-order valence-electron chi connectivity index (χ4n) is 2.45. The van der Waals surface area contributed by atoms with Gasteiger partial charge in [0.1, 0.15) is 0 Å². The van der Waals surface area contributed by atoms with Gasteiger partial charge in [-0.25, -0.2) is 0 Å².